The van der Waals surface area contributed by atoms with Crippen molar-refractivity contribution in [3.8, 4) is 0 Å². The lowest BCUT2D eigenvalue weighted by atomic mass is 10.3. The summed E-state index contributed by atoms with van der Waals surface area (Å²) in [6, 6.07) is 7.94. The zero-order valence-corrected chi connectivity index (χ0v) is 9.43. The molecule has 0 aliphatic rings. The highest BCUT2D eigenvalue weighted by Crippen LogP contribution is 2.13. The van der Waals surface area contributed by atoms with Gasteiger partial charge in [0.2, 0.25) is 0 Å². The summed E-state index contributed by atoms with van der Waals surface area (Å²) in [5, 5.41) is 4.19. The smallest absolute Gasteiger partial charge is 0.0562 e. The molecule has 0 aliphatic carbocycles. The van der Waals surface area contributed by atoms with Gasteiger partial charge in [0.05, 0.1) is 5.69 Å². The van der Waals surface area contributed by atoms with E-state index in [2.05, 4.69) is 33.4 Å². The van der Waals surface area contributed by atoms with Crippen molar-refractivity contribution in [3.05, 3.63) is 28.7 Å². The van der Waals surface area contributed by atoms with Crippen LogP contribution in [0.25, 0.3) is 0 Å². The fraction of sp³-hybridized carbons (Fsp3) is 0.300. The molecule has 70 valence electrons. The number of hydrogen-bond donors (Lipinski definition) is 1. The molecule has 1 N–H and O–H groups in total. The minimum absolute atomic E-state index is 0.976. The Kier molecular flexibility index (Phi) is 3.96. The summed E-state index contributed by atoms with van der Waals surface area (Å²) in [5.74, 6) is 0. The first-order valence-corrected chi connectivity index (χ1v) is 5.06. The van der Waals surface area contributed by atoms with Crippen LogP contribution in [-0.4, -0.2) is 5.71 Å². The van der Waals surface area contributed by atoms with Gasteiger partial charge in [-0.25, -0.2) is 0 Å². The Labute approximate surface area is 87.2 Å². The fourth-order valence-electron chi connectivity index (χ4n) is 0.763. The number of benzene rings is 1. The summed E-state index contributed by atoms with van der Waals surface area (Å²) >= 11 is 3.38. The number of nitrogens with zero attached hydrogens (tertiary/aromatic N) is 1. The number of hydrogen-bond acceptors (Lipinski definition) is 2. The van der Waals surface area contributed by atoms with Crippen molar-refractivity contribution >= 4 is 27.3 Å². The predicted molar refractivity (Wildman–Crippen MR) is 61.2 cm³/mol. The zero-order chi connectivity index (χ0) is 9.68. The van der Waals surface area contributed by atoms with Crippen LogP contribution in [0.5, 0.6) is 0 Å². The summed E-state index contributed by atoms with van der Waals surface area (Å²) in [6.07, 6.45) is 0.976. The molecule has 0 atom stereocenters. The van der Waals surface area contributed by atoms with Gasteiger partial charge in [0, 0.05) is 10.2 Å². The molecule has 0 unspecified atom stereocenters. The standard InChI is InChI=1S/C10H13BrN2/c1-3-8(2)12-13-10-6-4-9(11)5-7-10/h4-7,13H,3H2,1-2H3/b12-8+. The van der Waals surface area contributed by atoms with Crippen molar-refractivity contribution in [3.63, 3.8) is 0 Å². The summed E-state index contributed by atoms with van der Waals surface area (Å²) in [5.41, 5.74) is 5.10. The van der Waals surface area contributed by atoms with Crippen molar-refractivity contribution in [1.29, 1.82) is 0 Å². The molecule has 0 aliphatic heterocycles. The molecular weight excluding hydrogens is 228 g/mol. The normalized spacial score (nSPS) is 11.5. The zero-order valence-electron chi connectivity index (χ0n) is 7.84. The first kappa shape index (κ1) is 10.3. The monoisotopic (exact) mass is 240 g/mol. The second-order valence-electron chi connectivity index (χ2n) is 2.82. The molecular formula is C10H13BrN2. The molecule has 0 heterocycles. The molecule has 1 aromatic carbocycles. The van der Waals surface area contributed by atoms with Gasteiger partial charge < -0.3 is 0 Å². The molecule has 0 radical (unpaired) electrons. The lowest BCUT2D eigenvalue weighted by Crippen LogP contribution is -1.95. The SMILES string of the molecule is CC/C(C)=N/Nc1ccc(Br)cc1. The Morgan fingerprint density at radius 3 is 2.54 bits per heavy atom. The van der Waals surface area contributed by atoms with Crippen LogP contribution in [0.15, 0.2) is 33.8 Å². The molecule has 2 nitrogen and oxygen atoms in total. The van der Waals surface area contributed by atoms with Crippen molar-refractivity contribution in [2.24, 2.45) is 5.10 Å². The average molecular weight is 241 g/mol. The topological polar surface area (TPSA) is 24.4 Å². The third-order valence-electron chi connectivity index (χ3n) is 1.73. The van der Waals surface area contributed by atoms with Crippen molar-refractivity contribution in [2.75, 3.05) is 5.43 Å². The molecule has 0 bridgehead atoms. The van der Waals surface area contributed by atoms with Gasteiger partial charge in [0.15, 0.2) is 0 Å². The van der Waals surface area contributed by atoms with Crippen LogP contribution in [0.4, 0.5) is 5.69 Å². The molecule has 13 heavy (non-hydrogen) atoms. The summed E-state index contributed by atoms with van der Waals surface area (Å²) < 4.78 is 1.08. The van der Waals surface area contributed by atoms with Gasteiger partial charge in [-0.3, -0.25) is 5.43 Å². The van der Waals surface area contributed by atoms with Crippen molar-refractivity contribution in [2.45, 2.75) is 20.3 Å². The Morgan fingerprint density at radius 2 is 2.00 bits per heavy atom. The van der Waals surface area contributed by atoms with Gasteiger partial charge in [0.25, 0.3) is 0 Å². The number of nitrogens with one attached hydrogen (secondary N) is 1. The minimum Gasteiger partial charge on any atom is -0.279 e. The minimum atomic E-state index is 0.976. The number of anilines is 1. The Bertz CT molecular complexity index is 290. The van der Waals surface area contributed by atoms with Crippen LogP contribution in [0.1, 0.15) is 20.3 Å². The predicted octanol–water partition coefficient (Wildman–Crippen LogP) is 3.65. The van der Waals surface area contributed by atoms with Crippen LogP contribution in [0, 0.1) is 0 Å². The van der Waals surface area contributed by atoms with E-state index in [1.54, 1.807) is 0 Å². The highest BCUT2D eigenvalue weighted by Gasteiger charge is 1.89. The highest BCUT2D eigenvalue weighted by molar-refractivity contribution is 9.10. The maximum Gasteiger partial charge on any atom is 0.0562 e. The molecule has 0 aromatic heterocycles. The number of halogens is 1. The van der Waals surface area contributed by atoms with Crippen LogP contribution < -0.4 is 5.43 Å². The van der Waals surface area contributed by atoms with E-state index in [1.165, 1.54) is 0 Å². The molecule has 1 rings (SSSR count). The van der Waals surface area contributed by atoms with Gasteiger partial charge in [-0.05, 0) is 37.6 Å². The van der Waals surface area contributed by atoms with Gasteiger partial charge >= 0.3 is 0 Å². The van der Waals surface area contributed by atoms with Crippen LogP contribution in [-0.2, 0) is 0 Å². The van der Waals surface area contributed by atoms with Crippen molar-refractivity contribution in [1.82, 2.24) is 0 Å². The van der Waals surface area contributed by atoms with E-state index < -0.39 is 0 Å². The molecule has 0 spiro atoms. The van der Waals surface area contributed by atoms with Crippen molar-refractivity contribution < 1.29 is 0 Å². The molecule has 0 amide bonds. The third kappa shape index (κ3) is 3.59. The molecule has 0 saturated carbocycles. The van der Waals surface area contributed by atoms with Crippen LogP contribution in [0.3, 0.4) is 0 Å². The van der Waals surface area contributed by atoms with E-state index >= 15 is 0 Å². The van der Waals surface area contributed by atoms with Gasteiger partial charge in [-0.1, -0.05) is 22.9 Å². The lowest BCUT2D eigenvalue weighted by Gasteiger charge is -2.01. The molecule has 0 fully saturated rings. The largest absolute Gasteiger partial charge is 0.279 e. The van der Waals surface area contributed by atoms with Gasteiger partial charge in [0.1, 0.15) is 0 Å². The van der Waals surface area contributed by atoms with Crippen LogP contribution in [0.2, 0.25) is 0 Å². The first-order chi connectivity index (χ1) is 6.22. The second kappa shape index (κ2) is 5.02. The Balaban J connectivity index is 2.60. The van der Waals surface area contributed by atoms with E-state index in [0.717, 1.165) is 22.3 Å². The third-order valence-corrected chi connectivity index (χ3v) is 2.26. The van der Waals surface area contributed by atoms with Gasteiger partial charge in [-0.2, -0.15) is 5.10 Å². The molecule has 3 heteroatoms. The van der Waals surface area contributed by atoms with E-state index in [0.29, 0.717) is 0 Å². The Hall–Kier alpha value is -0.830. The summed E-state index contributed by atoms with van der Waals surface area (Å²) in [6.45, 7) is 4.09. The lowest BCUT2D eigenvalue weighted by molar-refractivity contribution is 1.21. The average Bonchev–Trinajstić information content (AvgIpc) is 2.16. The Morgan fingerprint density at radius 1 is 1.38 bits per heavy atom. The van der Waals surface area contributed by atoms with Gasteiger partial charge in [-0.15, -0.1) is 0 Å². The summed E-state index contributed by atoms with van der Waals surface area (Å²) in [7, 11) is 0. The van der Waals surface area contributed by atoms with E-state index in [-0.39, 0.29) is 0 Å². The maximum absolute atomic E-state index is 4.19. The van der Waals surface area contributed by atoms with E-state index in [1.807, 2.05) is 31.2 Å². The fourth-order valence-corrected chi connectivity index (χ4v) is 1.03. The van der Waals surface area contributed by atoms with E-state index in [4.69, 9.17) is 0 Å². The maximum atomic E-state index is 4.19. The highest BCUT2D eigenvalue weighted by atomic mass is 79.9. The van der Waals surface area contributed by atoms with E-state index in [9.17, 15) is 0 Å². The number of hydrazone groups is 1. The molecule has 0 saturated heterocycles. The first-order valence-electron chi connectivity index (χ1n) is 4.27. The molecule has 1 aromatic rings. The number of rotatable bonds is 3. The quantitative estimate of drug-likeness (QED) is 0.634. The summed E-state index contributed by atoms with van der Waals surface area (Å²) in [4.78, 5) is 0. The second-order valence-corrected chi connectivity index (χ2v) is 3.74. The van der Waals surface area contributed by atoms with Crippen LogP contribution >= 0.6 is 15.9 Å².